The fourth-order valence-electron chi connectivity index (χ4n) is 3.36. The van der Waals surface area contributed by atoms with E-state index in [9.17, 15) is 13.6 Å². The summed E-state index contributed by atoms with van der Waals surface area (Å²) in [4.78, 5) is 22.6. The third kappa shape index (κ3) is 3.57. The van der Waals surface area contributed by atoms with Crippen molar-refractivity contribution < 1.29 is 13.6 Å². The molecule has 144 valence electrons. The topological polar surface area (TPSA) is 101 Å². The first kappa shape index (κ1) is 18.1. The van der Waals surface area contributed by atoms with Crippen LogP contribution in [0, 0.1) is 5.92 Å². The van der Waals surface area contributed by atoms with Gasteiger partial charge >= 0.3 is 0 Å². The van der Waals surface area contributed by atoms with Gasteiger partial charge in [0.2, 0.25) is 5.91 Å². The lowest BCUT2D eigenvalue weighted by Gasteiger charge is -2.30. The number of pyridine rings is 1. The third-order valence-corrected chi connectivity index (χ3v) is 4.72. The number of anilines is 1. The van der Waals surface area contributed by atoms with Crippen LogP contribution in [0.5, 0.6) is 0 Å². The van der Waals surface area contributed by atoms with E-state index < -0.39 is 12.3 Å². The molecule has 0 spiro atoms. The van der Waals surface area contributed by atoms with Crippen LogP contribution in [-0.4, -0.2) is 42.8 Å². The summed E-state index contributed by atoms with van der Waals surface area (Å²) in [5, 5.41) is 14.4. The smallest absolute Gasteiger partial charge is 0.279 e. The summed E-state index contributed by atoms with van der Waals surface area (Å²) in [6.45, 7) is 0.482. The van der Waals surface area contributed by atoms with Crippen molar-refractivity contribution in [1.29, 1.82) is 0 Å². The highest BCUT2D eigenvalue weighted by molar-refractivity contribution is 5.94. The van der Waals surface area contributed by atoms with Crippen LogP contribution < -0.4 is 4.90 Å². The van der Waals surface area contributed by atoms with E-state index in [-0.39, 0.29) is 24.0 Å². The molecule has 1 aliphatic heterocycles. The Morgan fingerprint density at radius 2 is 2.14 bits per heavy atom. The quantitative estimate of drug-likeness (QED) is 0.725. The largest absolute Gasteiger partial charge is 0.280 e. The van der Waals surface area contributed by atoms with Gasteiger partial charge in [0.15, 0.2) is 5.82 Å². The van der Waals surface area contributed by atoms with Gasteiger partial charge in [0.1, 0.15) is 5.69 Å². The number of piperidine rings is 1. The first-order valence-corrected chi connectivity index (χ1v) is 8.86. The Hall–Kier alpha value is -3.30. The maximum Gasteiger partial charge on any atom is 0.280 e. The molecule has 1 atom stereocenters. The van der Waals surface area contributed by atoms with Gasteiger partial charge in [0, 0.05) is 24.2 Å². The van der Waals surface area contributed by atoms with Crippen molar-refractivity contribution in [1.82, 2.24) is 30.4 Å². The lowest BCUT2D eigenvalue weighted by Crippen LogP contribution is -2.42. The van der Waals surface area contributed by atoms with Crippen LogP contribution in [0.25, 0.3) is 11.4 Å². The highest BCUT2D eigenvalue weighted by Gasteiger charge is 2.33. The summed E-state index contributed by atoms with van der Waals surface area (Å²) in [6, 6.07) is 4.94. The van der Waals surface area contributed by atoms with Crippen LogP contribution in [0.2, 0.25) is 0 Å². The highest BCUT2D eigenvalue weighted by Crippen LogP contribution is 2.29. The molecule has 1 saturated heterocycles. The minimum absolute atomic E-state index is 0.172. The van der Waals surface area contributed by atoms with Crippen molar-refractivity contribution in [2.75, 3.05) is 11.4 Å². The zero-order valence-electron chi connectivity index (χ0n) is 14.8. The van der Waals surface area contributed by atoms with Gasteiger partial charge in [-0.25, -0.2) is 8.78 Å². The minimum Gasteiger partial charge on any atom is -0.279 e. The van der Waals surface area contributed by atoms with E-state index in [0.717, 1.165) is 6.42 Å². The molecule has 1 fully saturated rings. The fourth-order valence-corrected chi connectivity index (χ4v) is 3.36. The molecule has 10 heteroatoms. The zero-order chi connectivity index (χ0) is 19.5. The number of hydrogen-bond acceptors (Lipinski definition) is 6. The number of alkyl halides is 2. The maximum absolute atomic E-state index is 13.2. The van der Waals surface area contributed by atoms with E-state index in [1.807, 2.05) is 0 Å². The number of nitrogens with one attached hydrogen (secondary N) is 1. The van der Waals surface area contributed by atoms with Crippen LogP contribution in [0.1, 0.15) is 30.5 Å². The van der Waals surface area contributed by atoms with Gasteiger partial charge in [-0.05, 0) is 37.0 Å². The Morgan fingerprint density at radius 1 is 1.25 bits per heavy atom. The number of H-pyrrole nitrogens is 1. The molecule has 4 heterocycles. The second-order valence-corrected chi connectivity index (χ2v) is 6.50. The summed E-state index contributed by atoms with van der Waals surface area (Å²) in [7, 11) is 0. The molecule has 0 saturated carbocycles. The summed E-state index contributed by atoms with van der Waals surface area (Å²) < 4.78 is 26.4. The number of amides is 1. The van der Waals surface area contributed by atoms with E-state index in [2.05, 4.69) is 30.4 Å². The molecule has 1 amide bonds. The van der Waals surface area contributed by atoms with Crippen LogP contribution in [0.4, 0.5) is 14.7 Å². The standard InChI is InChI=1S/C18H17F2N7O/c19-15(20)14-11(3-1-6-21-14)9-12-4-2-8-27(17(12)28)18-24-16(25-26-18)13-5-7-22-23-10-13/h1,3,5-7,10,12,15H,2,4,8-9H2,(H,24,25,26). The van der Waals surface area contributed by atoms with Crippen molar-refractivity contribution in [2.24, 2.45) is 5.92 Å². The molecule has 1 N–H and O–H groups in total. The normalized spacial score (nSPS) is 17.3. The number of aromatic nitrogens is 6. The van der Waals surface area contributed by atoms with Crippen molar-refractivity contribution in [3.05, 3.63) is 48.0 Å². The fraction of sp³-hybridized carbons (Fsp3) is 0.333. The Bertz CT molecular complexity index is 963. The highest BCUT2D eigenvalue weighted by atomic mass is 19.3. The Kier molecular flexibility index (Phi) is 5.00. The summed E-state index contributed by atoms with van der Waals surface area (Å²) in [6.07, 6.45) is 3.32. The first-order valence-electron chi connectivity index (χ1n) is 8.86. The van der Waals surface area contributed by atoms with Gasteiger partial charge in [-0.1, -0.05) is 6.07 Å². The summed E-state index contributed by atoms with van der Waals surface area (Å²) >= 11 is 0. The Labute approximate surface area is 159 Å². The average molecular weight is 385 g/mol. The van der Waals surface area contributed by atoms with Crippen LogP contribution in [0.3, 0.4) is 0 Å². The number of carbonyl (C=O) groups excluding carboxylic acids is 1. The van der Waals surface area contributed by atoms with E-state index >= 15 is 0 Å². The van der Waals surface area contributed by atoms with Gasteiger partial charge in [0.05, 0.1) is 12.4 Å². The first-order chi connectivity index (χ1) is 13.6. The van der Waals surface area contributed by atoms with Gasteiger partial charge in [-0.3, -0.25) is 19.8 Å². The van der Waals surface area contributed by atoms with Crippen molar-refractivity contribution in [3.8, 4) is 11.4 Å². The van der Waals surface area contributed by atoms with Crippen LogP contribution in [-0.2, 0) is 11.2 Å². The summed E-state index contributed by atoms with van der Waals surface area (Å²) in [5.41, 5.74) is 0.834. The van der Waals surface area contributed by atoms with Crippen molar-refractivity contribution >= 4 is 11.9 Å². The number of hydrogen-bond donors (Lipinski definition) is 1. The minimum atomic E-state index is -2.67. The zero-order valence-corrected chi connectivity index (χ0v) is 14.8. The van der Waals surface area contributed by atoms with Crippen molar-refractivity contribution in [3.63, 3.8) is 0 Å². The van der Waals surface area contributed by atoms with Crippen molar-refractivity contribution in [2.45, 2.75) is 25.7 Å². The molecule has 28 heavy (non-hydrogen) atoms. The molecule has 0 aliphatic carbocycles. The molecule has 0 bridgehead atoms. The maximum atomic E-state index is 13.2. The van der Waals surface area contributed by atoms with Crippen LogP contribution in [0.15, 0.2) is 36.8 Å². The monoisotopic (exact) mass is 385 g/mol. The SMILES string of the molecule is O=C1C(Cc2cccnc2C(F)F)CCCN1c1n[nH]c(-c2ccnnc2)n1. The number of rotatable bonds is 5. The number of aromatic amines is 1. The van der Waals surface area contributed by atoms with E-state index in [1.54, 1.807) is 24.4 Å². The van der Waals surface area contributed by atoms with E-state index in [1.165, 1.54) is 17.3 Å². The number of carbonyl (C=O) groups is 1. The van der Waals surface area contributed by atoms with Gasteiger partial charge in [-0.2, -0.15) is 15.2 Å². The molecular formula is C18H17F2N7O. The molecule has 1 unspecified atom stereocenters. The van der Waals surface area contributed by atoms with Crippen LogP contribution >= 0.6 is 0 Å². The molecule has 3 aromatic heterocycles. The average Bonchev–Trinajstić information content (AvgIpc) is 3.20. The third-order valence-electron chi connectivity index (χ3n) is 4.72. The molecule has 4 rings (SSSR count). The van der Waals surface area contributed by atoms with E-state index in [0.29, 0.717) is 29.9 Å². The lowest BCUT2D eigenvalue weighted by atomic mass is 9.90. The van der Waals surface area contributed by atoms with Gasteiger partial charge in [0.25, 0.3) is 12.4 Å². The predicted molar refractivity (Wildman–Crippen MR) is 95.4 cm³/mol. The summed E-state index contributed by atoms with van der Waals surface area (Å²) in [5.74, 6) is 0.155. The van der Waals surface area contributed by atoms with Gasteiger partial charge in [-0.15, -0.1) is 5.10 Å². The molecule has 0 aromatic carbocycles. The molecule has 0 radical (unpaired) electrons. The number of nitrogens with zero attached hydrogens (tertiary/aromatic N) is 6. The molecule has 8 nitrogen and oxygen atoms in total. The predicted octanol–water partition coefficient (Wildman–Crippen LogP) is 2.58. The lowest BCUT2D eigenvalue weighted by molar-refractivity contribution is -0.123. The second kappa shape index (κ2) is 7.75. The van der Waals surface area contributed by atoms with Gasteiger partial charge < -0.3 is 0 Å². The molecular weight excluding hydrogens is 368 g/mol. The second-order valence-electron chi connectivity index (χ2n) is 6.50. The molecule has 3 aromatic rings. The van der Waals surface area contributed by atoms with E-state index in [4.69, 9.17) is 0 Å². The Balaban J connectivity index is 1.54. The number of halogens is 2. The Morgan fingerprint density at radius 3 is 2.93 bits per heavy atom. The molecule has 1 aliphatic rings.